The number of carbonyl (C=O) groups excluding carboxylic acids is 8. The van der Waals surface area contributed by atoms with Gasteiger partial charge in [-0.25, -0.2) is 71.7 Å². The first-order chi connectivity index (χ1) is 70.4. The highest BCUT2D eigenvalue weighted by Crippen LogP contribution is 2.40. The molecule has 12 amide bonds. The van der Waals surface area contributed by atoms with Crippen molar-refractivity contribution in [3.8, 4) is 46.0 Å². The van der Waals surface area contributed by atoms with Crippen LogP contribution < -0.4 is 97.7 Å². The lowest BCUT2D eigenvalue weighted by molar-refractivity contribution is -0.137. The zero-order chi connectivity index (χ0) is 106. The van der Waals surface area contributed by atoms with Gasteiger partial charge in [-0.1, -0.05) is 211 Å². The highest BCUT2D eigenvalue weighted by Gasteiger charge is 2.36. The van der Waals surface area contributed by atoms with Gasteiger partial charge in [0, 0.05) is 106 Å². The Hall–Kier alpha value is -15.5. The third-order valence-electron chi connectivity index (χ3n) is 22.7. The average Bonchev–Trinajstić information content (AvgIpc) is 1.61. The number of carbonyl (C=O) groups is 8. The molecule has 4 aliphatic heterocycles. The molecule has 148 heavy (non-hydrogen) atoms. The Morgan fingerprint density at radius 2 is 0.568 bits per heavy atom. The predicted octanol–water partition coefficient (Wildman–Crippen LogP) is 14.6. The van der Waals surface area contributed by atoms with Crippen molar-refractivity contribution in [1.29, 1.82) is 0 Å². The minimum Gasteiger partial charge on any atom is -0.454 e. The molecule has 8 N–H and O–H groups in total. The molecule has 0 unspecified atom stereocenters. The molecule has 0 bridgehead atoms. The van der Waals surface area contributed by atoms with Gasteiger partial charge in [0.25, 0.3) is 0 Å². The Labute approximate surface area is 865 Å². The zero-order valence-electron chi connectivity index (χ0n) is 79.4. The van der Waals surface area contributed by atoms with Crippen LogP contribution in [0.2, 0.25) is 15.1 Å². The lowest BCUT2D eigenvalue weighted by atomic mass is 10.0. The second-order valence-electron chi connectivity index (χ2n) is 33.5. The molecule has 0 saturated heterocycles. The average molecular weight is 2170 g/mol. The lowest BCUT2D eigenvalue weighted by Crippen LogP contribution is -2.52. The Bertz CT molecular complexity index is 7320. The Morgan fingerprint density at radius 3 is 0.865 bits per heavy atom. The number of hydrogen-bond acceptors (Lipinski definition) is 24. The van der Waals surface area contributed by atoms with Crippen molar-refractivity contribution in [3.63, 3.8) is 0 Å². The number of urea groups is 4. The number of amides is 12. The molecule has 4 aliphatic rings. The van der Waals surface area contributed by atoms with E-state index in [1.54, 1.807) is 180 Å². The Balaban J connectivity index is 0.000000165. The summed E-state index contributed by atoms with van der Waals surface area (Å²) in [7, 11) is -10.3. The SMILES string of the molecule is CN(C(=O)[C@H](Cc1ccccc1)NC(=O)NS(=O)(=O)Cc1ccc(C(F)(F)F)cc1)c1ccc2c(c1)OCO2.CN(C(=O)[C@H](Cc1ccccc1)NC(=O)NS(=O)(=O)Cc1ccc(Cl)c(Cl)c1)c1ccc2c(c1)OCO2.CN(C(=O)[C@H](Cc1ccccc1)NC(=O)NS(=O)(=O)Cc1cccc(Cl)c1)c1ccc2c(c1)OCO2.Cc1ccccc1CS(=O)(=O)NC(=O)N[C@@H](Cc1ccccc1)C(=O)N(C)c1ccc2c(c1)OCO2. The minimum absolute atomic E-state index is 0.0442. The van der Waals surface area contributed by atoms with Gasteiger partial charge >= 0.3 is 30.3 Å². The molecule has 16 rings (SSSR count). The van der Waals surface area contributed by atoms with Gasteiger partial charge in [-0.3, -0.25) is 19.2 Å². The molecular weight excluding hydrogens is 2070 g/mol. The van der Waals surface area contributed by atoms with E-state index in [2.05, 4.69) is 21.3 Å². The van der Waals surface area contributed by atoms with E-state index in [1.807, 2.05) is 104 Å². The van der Waals surface area contributed by atoms with Crippen molar-refractivity contribution in [2.45, 2.75) is 86.0 Å². The van der Waals surface area contributed by atoms with Crippen molar-refractivity contribution in [1.82, 2.24) is 40.2 Å². The molecule has 0 spiro atoms. The van der Waals surface area contributed by atoms with Gasteiger partial charge in [-0.15, -0.1) is 0 Å². The molecule has 0 radical (unpaired) electrons. The summed E-state index contributed by atoms with van der Waals surface area (Å²) in [5, 5.41) is 10.8. The van der Waals surface area contributed by atoms with E-state index in [9.17, 15) is 85.2 Å². The van der Waals surface area contributed by atoms with Crippen LogP contribution in [0.3, 0.4) is 0 Å². The molecule has 12 aromatic carbocycles. The summed E-state index contributed by atoms with van der Waals surface area (Å²) in [6, 6.07) is 68.9. The van der Waals surface area contributed by atoms with E-state index in [-0.39, 0.29) is 74.2 Å². The summed E-state index contributed by atoms with van der Waals surface area (Å²) < 4.78 is 190. The predicted molar refractivity (Wildman–Crippen MR) is 547 cm³/mol. The van der Waals surface area contributed by atoms with Crippen molar-refractivity contribution in [2.24, 2.45) is 0 Å². The number of rotatable bonds is 32. The van der Waals surface area contributed by atoms with Gasteiger partial charge in [0.15, 0.2) is 46.0 Å². The van der Waals surface area contributed by atoms with Crippen LogP contribution >= 0.6 is 34.8 Å². The fourth-order valence-electron chi connectivity index (χ4n) is 15.2. The van der Waals surface area contributed by atoms with Crippen LogP contribution in [0.4, 0.5) is 55.1 Å². The lowest BCUT2D eigenvalue weighted by Gasteiger charge is -2.25. The van der Waals surface area contributed by atoms with Crippen molar-refractivity contribution in [2.75, 3.05) is 75.0 Å². The molecule has 0 saturated carbocycles. The normalized spacial score (nSPS) is 13.2. The molecule has 0 aliphatic carbocycles. The zero-order valence-corrected chi connectivity index (χ0v) is 85.0. The number of anilines is 4. The number of ether oxygens (including phenoxy) is 8. The molecule has 4 atom stereocenters. The summed E-state index contributed by atoms with van der Waals surface area (Å²) in [6.07, 6.45) is -4.06. The molecule has 4 heterocycles. The van der Waals surface area contributed by atoms with Gasteiger partial charge < -0.3 is 78.8 Å². The minimum atomic E-state index is -4.57. The molecular formula is C102H98Cl3F3N12O24S4. The fraction of sp³-hybridized carbons (Fsp3) is 0.216. The molecule has 0 aromatic heterocycles. The summed E-state index contributed by atoms with van der Waals surface area (Å²) >= 11 is 17.8. The molecule has 36 nitrogen and oxygen atoms in total. The number of aryl methyl sites for hydroxylation is 1. The van der Waals surface area contributed by atoms with Crippen molar-refractivity contribution in [3.05, 3.63) is 356 Å². The van der Waals surface area contributed by atoms with Crippen LogP contribution in [0.25, 0.3) is 0 Å². The standard InChI is InChI=1S/C26H24F3N3O6S.C26H27N3O6S.C25H23Cl2N3O6S.C25H24ClN3O6S/c1-32(20-11-12-22-23(14-20)38-16-37-22)24(33)21(13-17-5-3-2-4-6-17)30-25(34)31-39(35,36)15-18-7-9-19(10-8-18)26(27,28)29;1-18-8-6-7-11-20(18)16-36(32,33)28-26(31)27-22(14-19-9-4-3-5-10-19)25(30)29(2)21-12-13-23-24(15-21)35-17-34-23;1-30(18-8-10-22-23(13-18)36-15-35-22)24(31)21(12-16-5-3-2-4-6-16)28-25(32)29-37(33,34)14-17-7-9-19(26)20(27)11-17;1-29(20-10-11-22-23(14-20)35-16-34-22)24(30)21(13-17-6-3-2-4-7-17)27-25(31)28-36(32,33)15-18-8-5-9-19(26)12-18/h2-12,14,21H,13,15-16H2,1H3,(H2,30,31,34);3-13,15,22H,14,16-17H2,1-2H3,(H2,27,28,31);2-11,13,21H,12,14-15H2,1H3,(H2,28,29,32);2-12,14,21H,13,15-16H2,1H3,(H2,27,28,31)/t21-;22-;2*21-/m0000/s1. The maximum atomic E-state index is 13.4. The number of likely N-dealkylation sites (N-methyl/N-ethyl adjacent to an activating group) is 4. The molecule has 0 fully saturated rings. The number of benzene rings is 12. The highest BCUT2D eigenvalue weighted by molar-refractivity contribution is 7.90. The van der Waals surface area contributed by atoms with Crippen molar-refractivity contribution < 1.29 is 123 Å². The monoisotopic (exact) mass is 2160 g/mol. The summed E-state index contributed by atoms with van der Waals surface area (Å²) in [4.78, 5) is 110. The first kappa shape index (κ1) is 110. The van der Waals surface area contributed by atoms with E-state index in [4.69, 9.17) is 72.7 Å². The number of alkyl halides is 3. The second-order valence-corrected chi connectivity index (χ2v) is 41.7. The largest absolute Gasteiger partial charge is 0.454 e. The maximum absolute atomic E-state index is 13.4. The number of nitrogens with zero attached hydrogens (tertiary/aromatic N) is 4. The third kappa shape index (κ3) is 31.7. The number of halogens is 6. The van der Waals surface area contributed by atoms with Gasteiger partial charge in [0.1, 0.15) is 24.2 Å². The summed E-state index contributed by atoms with van der Waals surface area (Å²) in [5.41, 5.74) is 6.37. The quantitative estimate of drug-likeness (QED) is 0.0194. The Morgan fingerprint density at radius 1 is 0.297 bits per heavy atom. The number of fused-ring (bicyclic) bond motifs is 4. The first-order valence-corrected chi connectivity index (χ1v) is 52.7. The van der Waals surface area contributed by atoms with Crippen LogP contribution in [-0.4, -0.2) is 161 Å². The summed E-state index contributed by atoms with van der Waals surface area (Å²) in [5.74, 6) is 0.283. The van der Waals surface area contributed by atoms with E-state index >= 15 is 0 Å². The topological polar surface area (TPSA) is 456 Å². The van der Waals surface area contributed by atoms with Crippen LogP contribution in [0.15, 0.2) is 285 Å². The van der Waals surface area contributed by atoms with Crippen LogP contribution in [0.5, 0.6) is 46.0 Å². The van der Waals surface area contributed by atoms with Gasteiger partial charge in [0.2, 0.25) is 90.9 Å². The van der Waals surface area contributed by atoms with E-state index in [1.165, 1.54) is 50.9 Å². The van der Waals surface area contributed by atoms with Gasteiger partial charge in [0.05, 0.1) is 38.6 Å². The first-order valence-electron chi connectivity index (χ1n) is 44.9. The van der Waals surface area contributed by atoms with Gasteiger partial charge in [-0.2, -0.15) is 13.2 Å². The molecule has 46 heteroatoms. The fourth-order valence-corrected chi connectivity index (χ4v) is 19.9. The van der Waals surface area contributed by atoms with E-state index in [0.29, 0.717) is 96.0 Å². The van der Waals surface area contributed by atoms with Crippen LogP contribution in [0, 0.1) is 6.92 Å². The maximum Gasteiger partial charge on any atom is 0.416 e. The second kappa shape index (κ2) is 49.6. The molecule has 776 valence electrons. The number of hydrogen-bond donors (Lipinski definition) is 8. The van der Waals surface area contributed by atoms with Gasteiger partial charge in [-0.05, 0) is 142 Å². The highest BCUT2D eigenvalue weighted by atomic mass is 35.5. The Kier molecular flexibility index (Phi) is 36.7. The summed E-state index contributed by atoms with van der Waals surface area (Å²) in [6.45, 7) is 2.14. The van der Waals surface area contributed by atoms with E-state index in [0.717, 1.165) is 46.5 Å². The van der Waals surface area contributed by atoms with Crippen LogP contribution in [-0.2, 0) is 114 Å². The van der Waals surface area contributed by atoms with Crippen molar-refractivity contribution >= 4 is 145 Å². The molecule has 12 aromatic rings. The number of nitrogens with one attached hydrogen (secondary N) is 8. The van der Waals surface area contributed by atoms with Crippen LogP contribution in [0.1, 0.15) is 55.6 Å². The number of sulfonamides is 4. The third-order valence-corrected chi connectivity index (χ3v) is 28.5. The van der Waals surface area contributed by atoms with E-state index < -0.39 is 141 Å². The smallest absolute Gasteiger partial charge is 0.416 e.